The summed E-state index contributed by atoms with van der Waals surface area (Å²) >= 11 is 5.67. The first-order valence-electron chi connectivity index (χ1n) is 8.46. The number of methoxy groups -OCH3 is 1. The molecule has 1 N–H and O–H groups in total. The summed E-state index contributed by atoms with van der Waals surface area (Å²) in [4.78, 5) is 14.5. The topological polar surface area (TPSA) is 41.6 Å². The van der Waals surface area contributed by atoms with Crippen LogP contribution >= 0.6 is 12.2 Å². The van der Waals surface area contributed by atoms with E-state index >= 15 is 0 Å². The van der Waals surface area contributed by atoms with Gasteiger partial charge in [0.1, 0.15) is 0 Å². The molecule has 2 aromatic carbocycles. The van der Waals surface area contributed by atoms with Gasteiger partial charge in [-0.25, -0.2) is 4.79 Å². The van der Waals surface area contributed by atoms with Gasteiger partial charge in [0.25, 0.3) is 0 Å². The second-order valence-corrected chi connectivity index (χ2v) is 6.80. The number of anilines is 1. The summed E-state index contributed by atoms with van der Waals surface area (Å²) < 4.78 is 5.08. The van der Waals surface area contributed by atoms with Gasteiger partial charge in [0.15, 0.2) is 5.11 Å². The first-order valence-corrected chi connectivity index (χ1v) is 8.86. The molecule has 0 bridgehead atoms. The number of carbonyl (C=O) groups excluding carboxylic acids is 1. The average Bonchev–Trinajstić information content (AvgIpc) is 2.64. The van der Waals surface area contributed by atoms with Crippen LogP contribution < -0.4 is 10.2 Å². The van der Waals surface area contributed by atoms with E-state index in [2.05, 4.69) is 23.5 Å². The maximum atomic E-state index is 12.6. The predicted octanol–water partition coefficient (Wildman–Crippen LogP) is 4.19. The Morgan fingerprint density at radius 1 is 1.12 bits per heavy atom. The first kappa shape index (κ1) is 18.1. The van der Waals surface area contributed by atoms with Gasteiger partial charge in [0.2, 0.25) is 0 Å². The lowest BCUT2D eigenvalue weighted by Gasteiger charge is -2.38. The summed E-state index contributed by atoms with van der Waals surface area (Å²) in [6.45, 7) is 5.99. The highest BCUT2D eigenvalue weighted by Crippen LogP contribution is 2.35. The molecule has 0 saturated carbocycles. The summed E-state index contributed by atoms with van der Waals surface area (Å²) in [6, 6.07) is 15.6. The molecule has 1 heterocycles. The Bertz CT molecular complexity index is 890. The van der Waals surface area contributed by atoms with Crippen LogP contribution in [0, 0.1) is 13.8 Å². The molecule has 134 valence electrons. The lowest BCUT2D eigenvalue weighted by Crippen LogP contribution is -2.48. The summed E-state index contributed by atoms with van der Waals surface area (Å²) in [6.07, 6.45) is 0. The highest BCUT2D eigenvalue weighted by Gasteiger charge is 2.35. The lowest BCUT2D eigenvalue weighted by atomic mass is 9.94. The predicted molar refractivity (Wildman–Crippen MR) is 108 cm³/mol. The fraction of sp³-hybridized carbons (Fsp3) is 0.238. The maximum Gasteiger partial charge on any atom is 0.337 e. The van der Waals surface area contributed by atoms with E-state index in [-0.39, 0.29) is 12.0 Å². The number of allylic oxidation sites excluding steroid dienone is 1. The van der Waals surface area contributed by atoms with Gasteiger partial charge in [0.05, 0.1) is 24.4 Å². The number of hydrogen-bond donors (Lipinski definition) is 1. The Morgan fingerprint density at radius 3 is 2.46 bits per heavy atom. The van der Waals surface area contributed by atoms with Crippen LogP contribution in [-0.4, -0.2) is 18.2 Å². The molecular weight excluding hydrogens is 344 g/mol. The van der Waals surface area contributed by atoms with Crippen molar-refractivity contribution < 1.29 is 9.53 Å². The number of rotatable bonds is 3. The van der Waals surface area contributed by atoms with Crippen molar-refractivity contribution in [3.05, 3.63) is 76.5 Å². The zero-order chi connectivity index (χ0) is 18.8. The number of thiocarbonyl (C=S) groups is 1. The first-order chi connectivity index (χ1) is 12.4. The molecule has 1 unspecified atom stereocenters. The Balaban J connectivity index is 2.18. The zero-order valence-corrected chi connectivity index (χ0v) is 16.2. The minimum Gasteiger partial charge on any atom is -0.466 e. The minimum atomic E-state index is -0.360. The summed E-state index contributed by atoms with van der Waals surface area (Å²) in [5, 5.41) is 3.89. The van der Waals surface area contributed by atoms with Crippen molar-refractivity contribution in [1.29, 1.82) is 0 Å². The number of aryl methyl sites for hydroxylation is 2. The van der Waals surface area contributed by atoms with E-state index in [1.807, 2.05) is 56.0 Å². The second-order valence-electron chi connectivity index (χ2n) is 6.41. The van der Waals surface area contributed by atoms with Gasteiger partial charge in [-0.3, -0.25) is 4.90 Å². The third kappa shape index (κ3) is 3.22. The molecule has 3 rings (SSSR count). The van der Waals surface area contributed by atoms with Gasteiger partial charge in [-0.2, -0.15) is 0 Å². The van der Waals surface area contributed by atoms with E-state index in [0.29, 0.717) is 10.7 Å². The third-order valence-electron chi connectivity index (χ3n) is 4.63. The number of ether oxygens (including phenoxy) is 1. The van der Waals surface area contributed by atoms with Crippen LogP contribution in [0.3, 0.4) is 0 Å². The lowest BCUT2D eigenvalue weighted by molar-refractivity contribution is -0.136. The normalized spacial score (nSPS) is 17.2. The van der Waals surface area contributed by atoms with E-state index in [1.54, 1.807) is 0 Å². The Kier molecular flexibility index (Phi) is 5.09. The van der Waals surface area contributed by atoms with Gasteiger partial charge >= 0.3 is 5.97 Å². The van der Waals surface area contributed by atoms with Crippen LogP contribution in [-0.2, 0) is 9.53 Å². The summed E-state index contributed by atoms with van der Waals surface area (Å²) in [5.74, 6) is -0.360. The van der Waals surface area contributed by atoms with Crippen molar-refractivity contribution >= 4 is 29.0 Å². The fourth-order valence-corrected chi connectivity index (χ4v) is 3.62. The quantitative estimate of drug-likeness (QED) is 0.652. The van der Waals surface area contributed by atoms with Crippen LogP contribution in [0.2, 0.25) is 0 Å². The molecule has 1 aliphatic rings. The monoisotopic (exact) mass is 366 g/mol. The largest absolute Gasteiger partial charge is 0.466 e. The van der Waals surface area contributed by atoms with E-state index in [0.717, 1.165) is 28.1 Å². The fourth-order valence-electron chi connectivity index (χ4n) is 3.26. The molecule has 2 aromatic rings. The summed E-state index contributed by atoms with van der Waals surface area (Å²) in [7, 11) is 1.40. The standard InChI is InChI=1S/C21H22N2O2S/c1-13-10-11-14(2)17(12-13)23-15(3)18(20(24)25-4)19(22-21(23)26)16-8-6-5-7-9-16/h5-12,19H,1-4H3,(H,22,26). The van der Waals surface area contributed by atoms with Gasteiger partial charge in [-0.05, 0) is 55.7 Å². The number of hydrogen-bond acceptors (Lipinski definition) is 3. The SMILES string of the molecule is COC(=O)C1=C(C)N(c2cc(C)ccc2C)C(=S)NC1c1ccccc1. The van der Waals surface area contributed by atoms with Crippen molar-refractivity contribution in [2.75, 3.05) is 12.0 Å². The van der Waals surface area contributed by atoms with Crippen molar-refractivity contribution in [2.45, 2.75) is 26.8 Å². The van der Waals surface area contributed by atoms with Crippen molar-refractivity contribution in [3.63, 3.8) is 0 Å². The smallest absolute Gasteiger partial charge is 0.337 e. The number of carbonyl (C=O) groups is 1. The van der Waals surface area contributed by atoms with Crippen molar-refractivity contribution in [2.24, 2.45) is 0 Å². The minimum absolute atomic E-state index is 0.336. The highest BCUT2D eigenvalue weighted by molar-refractivity contribution is 7.80. The molecule has 0 spiro atoms. The molecule has 4 nitrogen and oxygen atoms in total. The number of nitrogens with one attached hydrogen (secondary N) is 1. The molecule has 0 amide bonds. The Hall–Kier alpha value is -2.66. The zero-order valence-electron chi connectivity index (χ0n) is 15.4. The van der Waals surface area contributed by atoms with Crippen LogP contribution in [0.25, 0.3) is 0 Å². The van der Waals surface area contributed by atoms with Gasteiger partial charge in [-0.15, -0.1) is 0 Å². The average molecular weight is 366 g/mol. The van der Waals surface area contributed by atoms with Crippen LogP contribution in [0.5, 0.6) is 0 Å². The number of benzene rings is 2. The van der Waals surface area contributed by atoms with Crippen molar-refractivity contribution in [3.8, 4) is 0 Å². The molecule has 1 atom stereocenters. The van der Waals surface area contributed by atoms with Crippen LogP contribution in [0.1, 0.15) is 29.7 Å². The second kappa shape index (κ2) is 7.30. The number of esters is 1. The van der Waals surface area contributed by atoms with Crippen LogP contribution in [0.15, 0.2) is 59.8 Å². The molecule has 0 aromatic heterocycles. The van der Waals surface area contributed by atoms with Crippen LogP contribution in [0.4, 0.5) is 5.69 Å². The molecule has 0 aliphatic carbocycles. The van der Waals surface area contributed by atoms with Gasteiger partial charge in [0, 0.05) is 5.70 Å². The molecule has 0 fully saturated rings. The maximum absolute atomic E-state index is 12.6. The molecule has 0 radical (unpaired) electrons. The van der Waals surface area contributed by atoms with Gasteiger partial charge in [-0.1, -0.05) is 42.5 Å². The van der Waals surface area contributed by atoms with E-state index in [1.165, 1.54) is 7.11 Å². The Labute approximate surface area is 159 Å². The number of nitrogens with zero attached hydrogens (tertiary/aromatic N) is 1. The van der Waals surface area contributed by atoms with E-state index in [4.69, 9.17) is 17.0 Å². The van der Waals surface area contributed by atoms with E-state index in [9.17, 15) is 4.79 Å². The van der Waals surface area contributed by atoms with E-state index < -0.39 is 0 Å². The Morgan fingerprint density at radius 2 is 1.81 bits per heavy atom. The highest BCUT2D eigenvalue weighted by atomic mass is 32.1. The molecular formula is C21H22N2O2S. The molecule has 26 heavy (non-hydrogen) atoms. The molecule has 0 saturated heterocycles. The third-order valence-corrected chi connectivity index (χ3v) is 4.93. The summed E-state index contributed by atoms with van der Waals surface area (Å²) in [5.41, 5.74) is 5.49. The van der Waals surface area contributed by atoms with Gasteiger partial charge < -0.3 is 10.1 Å². The molecule has 5 heteroatoms. The molecule has 1 aliphatic heterocycles. The van der Waals surface area contributed by atoms with Crippen molar-refractivity contribution in [1.82, 2.24) is 5.32 Å².